The summed E-state index contributed by atoms with van der Waals surface area (Å²) in [7, 11) is 0. The first-order chi connectivity index (χ1) is 7.93. The van der Waals surface area contributed by atoms with Gasteiger partial charge in [0.15, 0.2) is 0 Å². The van der Waals surface area contributed by atoms with E-state index < -0.39 is 0 Å². The van der Waals surface area contributed by atoms with Crippen molar-refractivity contribution in [3.63, 3.8) is 0 Å². The molecule has 0 spiro atoms. The molecule has 4 nitrogen and oxygen atoms in total. The van der Waals surface area contributed by atoms with Crippen LogP contribution < -0.4 is 10.6 Å². The Labute approximate surface area is 103 Å². The van der Waals surface area contributed by atoms with Gasteiger partial charge in [-0.25, -0.2) is 0 Å². The van der Waals surface area contributed by atoms with Crippen LogP contribution in [0.1, 0.15) is 40.0 Å². The SMILES string of the molecule is CC1CCCNC1C(=O)NC1CC(O)C1(C)C. The summed E-state index contributed by atoms with van der Waals surface area (Å²) in [4.78, 5) is 12.2. The Morgan fingerprint density at radius 2 is 2.18 bits per heavy atom. The van der Waals surface area contributed by atoms with Gasteiger partial charge in [-0.3, -0.25) is 4.79 Å². The van der Waals surface area contributed by atoms with Gasteiger partial charge in [0.1, 0.15) is 0 Å². The third-order valence-electron chi connectivity index (χ3n) is 4.58. The lowest BCUT2D eigenvalue weighted by atomic mass is 9.64. The third-order valence-corrected chi connectivity index (χ3v) is 4.58. The average Bonchev–Trinajstić information content (AvgIpc) is 2.29. The standard InChI is InChI=1S/C13H24N2O2/c1-8-5-4-6-14-11(8)12(17)15-9-7-10(16)13(9,2)3/h8-11,14,16H,4-7H2,1-3H3,(H,15,17). The number of carbonyl (C=O) groups excluding carboxylic acids is 1. The molecule has 4 unspecified atom stereocenters. The molecule has 1 aliphatic heterocycles. The fraction of sp³-hybridized carbons (Fsp3) is 0.923. The van der Waals surface area contributed by atoms with Crippen LogP contribution in [-0.2, 0) is 4.79 Å². The van der Waals surface area contributed by atoms with Crippen molar-refractivity contribution in [3.05, 3.63) is 0 Å². The molecule has 0 aromatic heterocycles. The van der Waals surface area contributed by atoms with Crippen LogP contribution in [0, 0.1) is 11.3 Å². The van der Waals surface area contributed by atoms with Crippen molar-refractivity contribution in [3.8, 4) is 0 Å². The van der Waals surface area contributed by atoms with Crippen molar-refractivity contribution in [2.75, 3.05) is 6.54 Å². The van der Waals surface area contributed by atoms with E-state index in [-0.39, 0.29) is 29.5 Å². The molecule has 0 aromatic carbocycles. The number of hydrogen-bond acceptors (Lipinski definition) is 3. The zero-order valence-corrected chi connectivity index (χ0v) is 11.0. The largest absolute Gasteiger partial charge is 0.392 e. The second kappa shape index (κ2) is 4.58. The number of nitrogens with one attached hydrogen (secondary N) is 2. The molecule has 3 N–H and O–H groups in total. The van der Waals surface area contributed by atoms with Crippen LogP contribution in [0.4, 0.5) is 0 Å². The Morgan fingerprint density at radius 1 is 1.47 bits per heavy atom. The number of carbonyl (C=O) groups is 1. The number of aliphatic hydroxyl groups excluding tert-OH is 1. The van der Waals surface area contributed by atoms with E-state index in [1.165, 1.54) is 0 Å². The molecule has 1 aliphatic carbocycles. The van der Waals surface area contributed by atoms with Crippen LogP contribution in [-0.4, -0.2) is 35.7 Å². The minimum absolute atomic E-state index is 0.0581. The number of aliphatic hydroxyl groups is 1. The third kappa shape index (κ3) is 2.33. The van der Waals surface area contributed by atoms with Crippen LogP contribution in [0.2, 0.25) is 0 Å². The predicted octanol–water partition coefficient (Wildman–Crippen LogP) is 0.650. The molecule has 0 bridgehead atoms. The Hall–Kier alpha value is -0.610. The number of hydrogen-bond donors (Lipinski definition) is 3. The van der Waals surface area contributed by atoms with Crippen molar-refractivity contribution in [2.45, 2.75) is 58.2 Å². The predicted molar refractivity (Wildman–Crippen MR) is 66.5 cm³/mol. The van der Waals surface area contributed by atoms with E-state index >= 15 is 0 Å². The monoisotopic (exact) mass is 240 g/mol. The maximum atomic E-state index is 12.2. The summed E-state index contributed by atoms with van der Waals surface area (Å²) < 4.78 is 0. The summed E-state index contributed by atoms with van der Waals surface area (Å²) in [6.07, 6.45) is 2.66. The van der Waals surface area contributed by atoms with Gasteiger partial charge in [0.05, 0.1) is 12.1 Å². The van der Waals surface area contributed by atoms with Gasteiger partial charge in [0, 0.05) is 11.5 Å². The molecule has 98 valence electrons. The van der Waals surface area contributed by atoms with Gasteiger partial charge in [0.2, 0.25) is 5.91 Å². The van der Waals surface area contributed by atoms with Crippen LogP contribution in [0.25, 0.3) is 0 Å². The fourth-order valence-electron chi connectivity index (χ4n) is 2.81. The Morgan fingerprint density at radius 3 is 2.71 bits per heavy atom. The first-order valence-corrected chi connectivity index (χ1v) is 6.64. The van der Waals surface area contributed by atoms with E-state index in [1.54, 1.807) is 0 Å². The first-order valence-electron chi connectivity index (χ1n) is 6.64. The van der Waals surface area contributed by atoms with Crippen molar-refractivity contribution in [2.24, 2.45) is 11.3 Å². The van der Waals surface area contributed by atoms with Gasteiger partial charge in [-0.05, 0) is 31.7 Å². The smallest absolute Gasteiger partial charge is 0.237 e. The Balaban J connectivity index is 1.89. The van der Waals surface area contributed by atoms with E-state index in [4.69, 9.17) is 0 Å². The number of amides is 1. The summed E-state index contributed by atoms with van der Waals surface area (Å²) in [6, 6.07) is 0.0539. The van der Waals surface area contributed by atoms with E-state index in [9.17, 15) is 9.90 Å². The lowest BCUT2D eigenvalue weighted by molar-refractivity contribution is -0.132. The molecule has 4 heteroatoms. The van der Waals surface area contributed by atoms with E-state index in [2.05, 4.69) is 17.6 Å². The minimum Gasteiger partial charge on any atom is -0.392 e. The van der Waals surface area contributed by atoms with Gasteiger partial charge in [-0.2, -0.15) is 0 Å². The van der Waals surface area contributed by atoms with E-state index in [1.807, 2.05) is 13.8 Å². The van der Waals surface area contributed by atoms with Crippen LogP contribution >= 0.6 is 0 Å². The molecule has 1 saturated carbocycles. The Kier molecular flexibility index (Phi) is 3.46. The summed E-state index contributed by atoms with van der Waals surface area (Å²) in [5.41, 5.74) is -0.187. The topological polar surface area (TPSA) is 61.4 Å². The summed E-state index contributed by atoms with van der Waals surface area (Å²) in [6.45, 7) is 7.06. The van der Waals surface area contributed by atoms with Crippen molar-refractivity contribution < 1.29 is 9.90 Å². The van der Waals surface area contributed by atoms with Gasteiger partial charge >= 0.3 is 0 Å². The lowest BCUT2D eigenvalue weighted by Crippen LogP contribution is -2.64. The zero-order valence-electron chi connectivity index (χ0n) is 11.0. The second-order valence-corrected chi connectivity index (χ2v) is 6.19. The molecule has 2 aliphatic rings. The molecule has 1 saturated heterocycles. The highest BCUT2D eigenvalue weighted by atomic mass is 16.3. The molecule has 17 heavy (non-hydrogen) atoms. The maximum absolute atomic E-state index is 12.2. The van der Waals surface area contributed by atoms with Crippen molar-refractivity contribution in [1.29, 1.82) is 0 Å². The van der Waals surface area contributed by atoms with Gasteiger partial charge in [-0.1, -0.05) is 20.8 Å². The lowest BCUT2D eigenvalue weighted by Gasteiger charge is -2.50. The average molecular weight is 240 g/mol. The van der Waals surface area contributed by atoms with Crippen molar-refractivity contribution >= 4 is 5.91 Å². The molecule has 2 rings (SSSR count). The van der Waals surface area contributed by atoms with Crippen LogP contribution in [0.3, 0.4) is 0 Å². The molecular formula is C13H24N2O2. The van der Waals surface area contributed by atoms with E-state index in [0.29, 0.717) is 12.3 Å². The zero-order chi connectivity index (χ0) is 12.6. The number of rotatable bonds is 2. The second-order valence-electron chi connectivity index (χ2n) is 6.19. The summed E-state index contributed by atoms with van der Waals surface area (Å²) in [5, 5.41) is 16.0. The van der Waals surface area contributed by atoms with Crippen LogP contribution in [0.5, 0.6) is 0 Å². The van der Waals surface area contributed by atoms with Gasteiger partial charge < -0.3 is 15.7 Å². The molecule has 1 amide bonds. The quantitative estimate of drug-likeness (QED) is 0.664. The molecule has 4 atom stereocenters. The number of piperidine rings is 1. The van der Waals surface area contributed by atoms with Crippen LogP contribution in [0.15, 0.2) is 0 Å². The molecular weight excluding hydrogens is 216 g/mol. The minimum atomic E-state index is -0.287. The van der Waals surface area contributed by atoms with Gasteiger partial charge in [0.25, 0.3) is 0 Å². The molecule has 0 radical (unpaired) electrons. The maximum Gasteiger partial charge on any atom is 0.237 e. The highest BCUT2D eigenvalue weighted by Gasteiger charge is 2.48. The Bertz CT molecular complexity index is 304. The fourth-order valence-corrected chi connectivity index (χ4v) is 2.81. The normalized spacial score (nSPS) is 40.5. The first kappa shape index (κ1) is 12.8. The molecule has 1 heterocycles. The molecule has 0 aromatic rings. The van der Waals surface area contributed by atoms with Crippen molar-refractivity contribution in [1.82, 2.24) is 10.6 Å². The van der Waals surface area contributed by atoms with Gasteiger partial charge in [-0.15, -0.1) is 0 Å². The summed E-state index contributed by atoms with van der Waals surface area (Å²) in [5.74, 6) is 0.499. The van der Waals surface area contributed by atoms with E-state index in [0.717, 1.165) is 19.4 Å². The molecule has 2 fully saturated rings. The highest BCUT2D eigenvalue weighted by molar-refractivity contribution is 5.82. The summed E-state index contributed by atoms with van der Waals surface area (Å²) >= 11 is 0. The highest BCUT2D eigenvalue weighted by Crippen LogP contribution is 2.40.